The minimum Gasteiger partial charge on any atom is -0.327 e. The molecule has 2 amide bonds. The molecule has 8 heteroatoms. The Morgan fingerprint density at radius 2 is 2.07 bits per heavy atom. The second-order valence-electron chi connectivity index (χ2n) is 6.40. The maximum Gasteiger partial charge on any atom is 0.314 e. The Hall–Kier alpha value is -2.74. The van der Waals surface area contributed by atoms with Crippen LogP contribution in [-0.4, -0.2) is 37.9 Å². The maximum atomic E-state index is 13.0. The molecular weight excluding hydrogens is 410 g/mol. The number of piperidine rings is 1. The molecule has 1 N–H and O–H groups in total. The summed E-state index contributed by atoms with van der Waals surface area (Å²) < 4.78 is 10.6. The number of carbonyl (C=O) groups excluding carboxylic acids is 2. The Morgan fingerprint density at radius 3 is 2.89 bits per heavy atom. The van der Waals surface area contributed by atoms with E-state index in [1.54, 1.807) is 23.4 Å². The van der Waals surface area contributed by atoms with Crippen LogP contribution in [0.5, 0.6) is 0 Å². The lowest BCUT2D eigenvalue weighted by Gasteiger charge is -2.35. The third kappa shape index (κ3) is 3.57. The van der Waals surface area contributed by atoms with E-state index in [4.69, 9.17) is 1.41 Å². The van der Waals surface area contributed by atoms with Gasteiger partial charge in [-0.15, -0.1) is 0 Å². The summed E-state index contributed by atoms with van der Waals surface area (Å²) in [6.45, 7) is 0.492. The lowest BCUT2D eigenvalue weighted by atomic mass is 9.95. The molecule has 1 aromatic carbocycles. The van der Waals surface area contributed by atoms with Gasteiger partial charge < -0.3 is 10.2 Å². The average molecular weight is 429 g/mol. The van der Waals surface area contributed by atoms with Gasteiger partial charge in [0.1, 0.15) is 5.69 Å². The molecule has 0 saturated carbocycles. The van der Waals surface area contributed by atoms with Gasteiger partial charge in [0.25, 0.3) is 0 Å². The van der Waals surface area contributed by atoms with E-state index in [2.05, 4.69) is 26.0 Å². The molecule has 1 fully saturated rings. The van der Waals surface area contributed by atoms with Gasteiger partial charge in [-0.25, -0.2) is 9.50 Å². The van der Waals surface area contributed by atoms with E-state index in [-0.39, 0.29) is 11.7 Å². The van der Waals surface area contributed by atoms with Crippen LogP contribution in [0, 0.1) is 0 Å². The minimum atomic E-state index is -0.912. The van der Waals surface area contributed by atoms with Crippen molar-refractivity contribution in [3.05, 3.63) is 59.0 Å². The smallest absolute Gasteiger partial charge is 0.314 e. The van der Waals surface area contributed by atoms with Crippen molar-refractivity contribution in [1.29, 1.82) is 0 Å². The van der Waals surface area contributed by atoms with Gasteiger partial charge in [0, 0.05) is 23.4 Å². The van der Waals surface area contributed by atoms with Crippen LogP contribution in [0.15, 0.2) is 53.4 Å². The number of fused-ring (bicyclic) bond motifs is 1. The quantitative estimate of drug-likeness (QED) is 0.635. The first kappa shape index (κ1) is 16.4. The van der Waals surface area contributed by atoms with E-state index in [1.807, 2.05) is 24.3 Å². The van der Waals surface area contributed by atoms with Crippen LogP contribution in [0.3, 0.4) is 0 Å². The second-order valence-corrected chi connectivity index (χ2v) is 7.31. The molecule has 1 aliphatic rings. The van der Waals surface area contributed by atoms with Crippen LogP contribution in [0.25, 0.3) is 5.65 Å². The molecular formula is C19H18BrN5O2. The van der Waals surface area contributed by atoms with E-state index < -0.39 is 11.8 Å². The fraction of sp³-hybridized carbons (Fsp3) is 0.263. The molecule has 2 aromatic heterocycles. The van der Waals surface area contributed by atoms with E-state index in [1.165, 1.54) is 10.7 Å². The number of carbonyl (C=O) groups is 2. The standard InChI is InChI=1S/C19H18BrN5O2/c20-14-7-5-13(6-8-14)16-4-1-2-10-24(16)19(27)18(26)23-15-12-22-25-11-3-9-21-17(15)25/h3,5-9,11-12,16H,1-2,4,10H2,(H,23,26)/i/hD. The van der Waals surface area contributed by atoms with Crippen molar-refractivity contribution in [2.75, 3.05) is 11.9 Å². The molecule has 1 saturated heterocycles. The van der Waals surface area contributed by atoms with E-state index in [0.717, 1.165) is 29.3 Å². The molecule has 1 aliphatic heterocycles. The van der Waals surface area contributed by atoms with Crippen molar-refractivity contribution in [2.24, 2.45) is 0 Å². The van der Waals surface area contributed by atoms with Crippen LogP contribution in [0.2, 0.25) is 1.41 Å². The topological polar surface area (TPSA) is 79.6 Å². The number of hydrogen-bond acceptors (Lipinski definition) is 4. The van der Waals surface area contributed by atoms with Gasteiger partial charge in [-0.05, 0) is 43.0 Å². The highest BCUT2D eigenvalue weighted by Crippen LogP contribution is 2.31. The Kier molecular flexibility index (Phi) is 4.55. The Morgan fingerprint density at radius 1 is 1.26 bits per heavy atom. The zero-order chi connectivity index (χ0) is 19.7. The number of nitrogens with zero attached hydrogens (tertiary/aromatic N) is 4. The van der Waals surface area contributed by atoms with Gasteiger partial charge >= 0.3 is 11.8 Å². The summed E-state index contributed by atoms with van der Waals surface area (Å²) >= 11 is 3.42. The van der Waals surface area contributed by atoms with Gasteiger partial charge in [0.05, 0.1) is 12.2 Å². The molecule has 3 aromatic rings. The van der Waals surface area contributed by atoms with Crippen LogP contribution in [0.4, 0.5) is 5.69 Å². The van der Waals surface area contributed by atoms with E-state index in [9.17, 15) is 9.59 Å². The lowest BCUT2D eigenvalue weighted by Crippen LogP contribution is -2.44. The SMILES string of the molecule is [2H]N(C(=O)C(=O)N1CCCCC1c1ccc(Br)cc1)c1cnn2cccnc12. The molecule has 0 aliphatic carbocycles. The van der Waals surface area contributed by atoms with Crippen molar-refractivity contribution in [3.8, 4) is 0 Å². The molecule has 4 rings (SSSR count). The molecule has 1 atom stereocenters. The van der Waals surface area contributed by atoms with Crippen LogP contribution in [-0.2, 0) is 9.59 Å². The van der Waals surface area contributed by atoms with Gasteiger partial charge in [-0.3, -0.25) is 9.59 Å². The Bertz CT molecular complexity index is 1020. The van der Waals surface area contributed by atoms with Crippen molar-refractivity contribution < 1.29 is 11.0 Å². The number of benzene rings is 1. The number of aromatic nitrogens is 3. The highest BCUT2D eigenvalue weighted by molar-refractivity contribution is 9.10. The maximum absolute atomic E-state index is 13.0. The third-order valence-electron chi connectivity index (χ3n) is 4.68. The molecule has 0 spiro atoms. The summed E-state index contributed by atoms with van der Waals surface area (Å²) in [7, 11) is 0. The summed E-state index contributed by atoms with van der Waals surface area (Å²) in [5.41, 5.74) is 1.51. The van der Waals surface area contributed by atoms with Crippen molar-refractivity contribution in [2.45, 2.75) is 25.3 Å². The number of halogens is 1. The van der Waals surface area contributed by atoms with Gasteiger partial charge in [-0.1, -0.05) is 28.1 Å². The molecule has 0 bridgehead atoms. The fourth-order valence-electron chi connectivity index (χ4n) is 3.38. The predicted molar refractivity (Wildman–Crippen MR) is 104 cm³/mol. The predicted octanol–water partition coefficient (Wildman–Crippen LogP) is 3.18. The summed E-state index contributed by atoms with van der Waals surface area (Å²) in [6, 6.07) is 9.29. The minimum absolute atomic E-state index is 0.172. The summed E-state index contributed by atoms with van der Waals surface area (Å²) in [4.78, 5) is 31.5. The highest BCUT2D eigenvalue weighted by atomic mass is 79.9. The van der Waals surface area contributed by atoms with Crippen molar-refractivity contribution in [3.63, 3.8) is 0 Å². The Labute approximate surface area is 166 Å². The zero-order valence-corrected chi connectivity index (χ0v) is 16.0. The first-order valence-corrected chi connectivity index (χ1v) is 9.53. The third-order valence-corrected chi connectivity index (χ3v) is 5.21. The number of nitrogens with one attached hydrogen (secondary N) is 1. The number of anilines is 1. The lowest BCUT2D eigenvalue weighted by molar-refractivity contribution is -0.145. The second kappa shape index (κ2) is 7.48. The number of hydrogen-bond donors (Lipinski definition) is 1. The average Bonchev–Trinajstić information content (AvgIpc) is 3.17. The van der Waals surface area contributed by atoms with Gasteiger partial charge in [0.2, 0.25) is 0 Å². The molecule has 1 unspecified atom stereocenters. The number of likely N-dealkylation sites (tertiary alicyclic amines) is 1. The normalized spacial score (nSPS) is 17.6. The van der Waals surface area contributed by atoms with E-state index in [0.29, 0.717) is 17.5 Å². The van der Waals surface area contributed by atoms with E-state index >= 15 is 0 Å². The summed E-state index contributed by atoms with van der Waals surface area (Å²) in [6.07, 6.45) is 7.19. The summed E-state index contributed by atoms with van der Waals surface area (Å²) in [5.74, 6) is -1.59. The molecule has 3 heterocycles. The molecule has 0 radical (unpaired) electrons. The first-order valence-electron chi connectivity index (χ1n) is 9.19. The first-order chi connectivity index (χ1) is 13.6. The monoisotopic (exact) mass is 428 g/mol. The van der Waals surface area contributed by atoms with Crippen molar-refractivity contribution in [1.82, 2.24) is 19.5 Å². The largest absolute Gasteiger partial charge is 0.327 e. The van der Waals surface area contributed by atoms with Gasteiger partial charge in [0.15, 0.2) is 7.06 Å². The van der Waals surface area contributed by atoms with Crippen LogP contribution >= 0.6 is 15.9 Å². The summed E-state index contributed by atoms with van der Waals surface area (Å²) in [5, 5.41) is 4.66. The highest BCUT2D eigenvalue weighted by Gasteiger charge is 2.32. The fourth-order valence-corrected chi connectivity index (χ4v) is 3.64. The van der Waals surface area contributed by atoms with Crippen molar-refractivity contribution >= 4 is 39.1 Å². The zero-order valence-electron chi connectivity index (χ0n) is 15.5. The van der Waals surface area contributed by atoms with Gasteiger partial charge in [-0.2, -0.15) is 5.10 Å². The number of rotatable bonds is 2. The van der Waals surface area contributed by atoms with Crippen LogP contribution < -0.4 is 5.31 Å². The molecule has 7 nitrogen and oxygen atoms in total. The molecule has 27 heavy (non-hydrogen) atoms. The van der Waals surface area contributed by atoms with Crippen LogP contribution in [0.1, 0.15) is 30.9 Å². The number of amides is 2. The Balaban J connectivity index is 1.59. The molecule has 138 valence electrons.